The number of aryl methyl sites for hydroxylation is 2. The Kier molecular flexibility index (Phi) is 7.97. The third-order valence-electron chi connectivity index (χ3n) is 6.06. The number of nitrogens with zero attached hydrogens (tertiary/aromatic N) is 5. The number of ether oxygens (including phenoxy) is 2. The first-order chi connectivity index (χ1) is 18.2. The Morgan fingerprint density at radius 1 is 1.05 bits per heavy atom. The van der Waals surface area contributed by atoms with Crippen molar-refractivity contribution in [3.8, 4) is 28.8 Å². The second-order valence-corrected chi connectivity index (χ2v) is 10.6. The van der Waals surface area contributed by atoms with Gasteiger partial charge in [0.05, 0.1) is 19.5 Å². The summed E-state index contributed by atoms with van der Waals surface area (Å²) in [5.74, 6) is 1.61. The first-order valence-electron chi connectivity index (χ1n) is 11.8. The van der Waals surface area contributed by atoms with Crippen molar-refractivity contribution in [3.63, 3.8) is 0 Å². The number of aromatic nitrogens is 5. The van der Waals surface area contributed by atoms with Gasteiger partial charge in [-0.15, -0.1) is 10.2 Å². The Morgan fingerprint density at radius 2 is 1.71 bits per heavy atom. The number of sulfonamides is 1. The van der Waals surface area contributed by atoms with E-state index in [0.29, 0.717) is 34.5 Å². The number of aliphatic hydroxyl groups excluding tert-OH is 1. The first kappa shape index (κ1) is 27.1. The van der Waals surface area contributed by atoms with Gasteiger partial charge in [0.25, 0.3) is 0 Å². The summed E-state index contributed by atoms with van der Waals surface area (Å²) in [4.78, 5) is 8.59. The minimum absolute atomic E-state index is 0.0515. The van der Waals surface area contributed by atoms with E-state index in [4.69, 9.17) is 13.9 Å². The van der Waals surface area contributed by atoms with E-state index in [2.05, 4.69) is 24.9 Å². The van der Waals surface area contributed by atoms with Crippen molar-refractivity contribution in [2.75, 3.05) is 25.5 Å². The molecular weight excluding hydrogens is 512 g/mol. The molecule has 0 fully saturated rings. The summed E-state index contributed by atoms with van der Waals surface area (Å²) in [6.45, 7) is 4.97. The zero-order chi connectivity index (χ0) is 27.4. The fourth-order valence-electron chi connectivity index (χ4n) is 4.14. The van der Waals surface area contributed by atoms with Crippen LogP contribution in [0.3, 0.4) is 0 Å². The summed E-state index contributed by atoms with van der Waals surface area (Å²) >= 11 is 0. The molecule has 13 heteroatoms. The average molecular weight is 543 g/mol. The summed E-state index contributed by atoms with van der Waals surface area (Å²) < 4.78 is 48.5. The quantitative estimate of drug-likeness (QED) is 0.289. The van der Waals surface area contributed by atoms with E-state index in [0.717, 1.165) is 5.56 Å². The molecule has 0 saturated carbocycles. The maximum atomic E-state index is 13.8. The summed E-state index contributed by atoms with van der Waals surface area (Å²) in [7, 11) is -1.17. The number of hydrogen-bond donors (Lipinski definition) is 2. The Labute approximate surface area is 220 Å². The Morgan fingerprint density at radius 3 is 2.26 bits per heavy atom. The van der Waals surface area contributed by atoms with Crippen molar-refractivity contribution in [1.29, 1.82) is 0 Å². The molecule has 12 nitrogen and oxygen atoms in total. The van der Waals surface area contributed by atoms with Gasteiger partial charge in [-0.1, -0.05) is 13.0 Å². The SMILES string of the molecule is COc1cccc(OC)c1-n1c(NS(=O)(=O)[C@H](CCO)[C@H](C)c2ncc(C)cn2)nnc1-c1ccc(C)o1. The summed E-state index contributed by atoms with van der Waals surface area (Å²) in [5.41, 5.74) is 1.22. The van der Waals surface area contributed by atoms with Crippen molar-refractivity contribution >= 4 is 16.0 Å². The first-order valence-corrected chi connectivity index (χ1v) is 13.4. The fraction of sp³-hybridized carbons (Fsp3) is 0.360. The van der Waals surface area contributed by atoms with Gasteiger partial charge in [0, 0.05) is 24.9 Å². The third-order valence-corrected chi connectivity index (χ3v) is 7.97. The molecule has 3 aromatic heterocycles. The van der Waals surface area contributed by atoms with E-state index in [1.807, 2.05) is 6.92 Å². The predicted octanol–water partition coefficient (Wildman–Crippen LogP) is 3.25. The monoisotopic (exact) mass is 542 g/mol. The van der Waals surface area contributed by atoms with Crippen LogP contribution in [0.1, 0.15) is 36.4 Å². The molecule has 0 aliphatic rings. The molecule has 0 amide bonds. The molecule has 38 heavy (non-hydrogen) atoms. The standard InChI is InChI=1S/C25H30N6O6S/c1-15-13-26-23(27-14-15)17(3)21(11-12-32)38(33,34)30-25-29-28-24(20-10-9-16(2)37-20)31(25)22-18(35-4)7-6-8-19(22)36-5/h6-10,13-14,17,21,32H,11-12H2,1-5H3,(H,29,30)/t17-,21+/m0/s1. The Bertz CT molecular complexity index is 1480. The lowest BCUT2D eigenvalue weighted by molar-refractivity contribution is 0.280. The van der Waals surface area contributed by atoms with Crippen LogP contribution in [0, 0.1) is 13.8 Å². The molecule has 4 aromatic rings. The predicted molar refractivity (Wildman–Crippen MR) is 140 cm³/mol. The molecule has 2 atom stereocenters. The molecule has 0 spiro atoms. The van der Waals surface area contributed by atoms with Crippen LogP contribution in [0.15, 0.2) is 47.1 Å². The van der Waals surface area contributed by atoms with Gasteiger partial charge < -0.3 is 19.0 Å². The van der Waals surface area contributed by atoms with Gasteiger partial charge in [-0.05, 0) is 50.1 Å². The van der Waals surface area contributed by atoms with E-state index >= 15 is 0 Å². The van der Waals surface area contributed by atoms with Crippen LogP contribution in [0.25, 0.3) is 17.3 Å². The molecule has 2 N–H and O–H groups in total. The van der Waals surface area contributed by atoms with Crippen molar-refractivity contribution in [2.45, 2.75) is 38.4 Å². The highest BCUT2D eigenvalue weighted by Crippen LogP contribution is 2.38. The second-order valence-electron chi connectivity index (χ2n) is 8.71. The summed E-state index contributed by atoms with van der Waals surface area (Å²) in [6, 6.07) is 8.63. The molecular formula is C25H30N6O6S. The number of nitrogens with one attached hydrogen (secondary N) is 1. The zero-order valence-corrected chi connectivity index (χ0v) is 22.6. The fourth-order valence-corrected chi connectivity index (χ4v) is 5.75. The number of furan rings is 1. The van der Waals surface area contributed by atoms with E-state index < -0.39 is 21.2 Å². The molecule has 0 saturated heterocycles. The number of anilines is 1. The number of hydrogen-bond acceptors (Lipinski definition) is 10. The van der Waals surface area contributed by atoms with Crippen LogP contribution in [0.4, 0.5) is 5.95 Å². The van der Waals surface area contributed by atoms with Gasteiger partial charge in [0.15, 0.2) is 5.76 Å². The lowest BCUT2D eigenvalue weighted by Gasteiger charge is -2.23. The topological polar surface area (TPSA) is 154 Å². The van der Waals surface area contributed by atoms with Crippen LogP contribution >= 0.6 is 0 Å². The van der Waals surface area contributed by atoms with Crippen LogP contribution in [-0.4, -0.2) is 64.3 Å². The minimum Gasteiger partial charge on any atom is -0.494 e. The molecule has 0 aliphatic heterocycles. The van der Waals surface area contributed by atoms with E-state index in [9.17, 15) is 13.5 Å². The molecule has 4 rings (SSSR count). The van der Waals surface area contributed by atoms with Crippen molar-refractivity contribution in [3.05, 3.63) is 59.9 Å². The molecule has 0 bridgehead atoms. The maximum absolute atomic E-state index is 13.8. The van der Waals surface area contributed by atoms with Gasteiger partial charge >= 0.3 is 0 Å². The van der Waals surface area contributed by atoms with Crippen molar-refractivity contribution < 1.29 is 27.4 Å². The lowest BCUT2D eigenvalue weighted by atomic mass is 10.0. The number of para-hydroxylation sites is 1. The third kappa shape index (κ3) is 5.34. The summed E-state index contributed by atoms with van der Waals surface area (Å²) in [5, 5.41) is 17.0. The molecule has 0 radical (unpaired) electrons. The summed E-state index contributed by atoms with van der Waals surface area (Å²) in [6.07, 6.45) is 3.19. The number of rotatable bonds is 11. The van der Waals surface area contributed by atoms with Gasteiger partial charge in [0.1, 0.15) is 28.8 Å². The van der Waals surface area contributed by atoms with Gasteiger partial charge in [0.2, 0.25) is 21.8 Å². The molecule has 0 aliphatic carbocycles. The number of methoxy groups -OCH3 is 2. The Balaban J connectivity index is 1.84. The van der Waals surface area contributed by atoms with E-state index in [1.165, 1.54) is 18.8 Å². The van der Waals surface area contributed by atoms with Crippen molar-refractivity contribution in [2.24, 2.45) is 0 Å². The second kappa shape index (κ2) is 11.2. The average Bonchev–Trinajstić information content (AvgIpc) is 3.51. The van der Waals surface area contributed by atoms with Crippen molar-refractivity contribution in [1.82, 2.24) is 24.7 Å². The van der Waals surface area contributed by atoms with Gasteiger partial charge in [-0.25, -0.2) is 18.4 Å². The Hall–Kier alpha value is -3.97. The normalized spacial score (nSPS) is 13.2. The highest BCUT2D eigenvalue weighted by atomic mass is 32.2. The number of aliphatic hydroxyl groups is 1. The largest absolute Gasteiger partial charge is 0.494 e. The van der Waals surface area contributed by atoms with E-state index in [1.54, 1.807) is 56.6 Å². The zero-order valence-electron chi connectivity index (χ0n) is 21.7. The van der Waals surface area contributed by atoms with E-state index in [-0.39, 0.29) is 24.8 Å². The highest BCUT2D eigenvalue weighted by molar-refractivity contribution is 7.93. The van der Waals surface area contributed by atoms with Crippen LogP contribution in [-0.2, 0) is 10.0 Å². The van der Waals surface area contributed by atoms with Crippen LogP contribution in [0.2, 0.25) is 0 Å². The lowest BCUT2D eigenvalue weighted by Crippen LogP contribution is -2.34. The van der Waals surface area contributed by atoms with Gasteiger partial charge in [-0.3, -0.25) is 9.29 Å². The molecule has 0 unspecified atom stereocenters. The number of benzene rings is 1. The van der Waals surface area contributed by atoms with Crippen LogP contribution in [0.5, 0.6) is 11.5 Å². The highest BCUT2D eigenvalue weighted by Gasteiger charge is 2.35. The van der Waals surface area contributed by atoms with Crippen LogP contribution < -0.4 is 14.2 Å². The smallest absolute Gasteiger partial charge is 0.243 e. The van der Waals surface area contributed by atoms with Gasteiger partial charge in [-0.2, -0.15) is 0 Å². The molecule has 202 valence electrons. The maximum Gasteiger partial charge on any atom is 0.243 e. The molecule has 3 heterocycles. The minimum atomic E-state index is -4.15. The molecule has 1 aromatic carbocycles.